The van der Waals surface area contributed by atoms with Gasteiger partial charge < -0.3 is 9.47 Å². The molecule has 0 aliphatic heterocycles. The van der Waals surface area contributed by atoms with E-state index in [9.17, 15) is 4.79 Å². The minimum Gasteiger partial charge on any atom is -0.469 e. The predicted molar refractivity (Wildman–Crippen MR) is 76.1 cm³/mol. The first-order valence-corrected chi connectivity index (χ1v) is 6.89. The van der Waals surface area contributed by atoms with E-state index in [-0.39, 0.29) is 12.1 Å². The van der Waals surface area contributed by atoms with E-state index in [0.717, 1.165) is 12.0 Å². The molecule has 0 aliphatic carbocycles. The molecule has 1 atom stereocenters. The molecule has 0 radical (unpaired) electrons. The summed E-state index contributed by atoms with van der Waals surface area (Å²) in [6, 6.07) is 8.02. The first-order chi connectivity index (χ1) is 9.21. The Morgan fingerprint density at radius 3 is 2.37 bits per heavy atom. The fourth-order valence-electron chi connectivity index (χ4n) is 2.09. The molecule has 0 bridgehead atoms. The van der Waals surface area contributed by atoms with Gasteiger partial charge in [-0.1, -0.05) is 50.5 Å². The van der Waals surface area contributed by atoms with Gasteiger partial charge in [0.25, 0.3) is 0 Å². The molecule has 0 heterocycles. The van der Waals surface area contributed by atoms with E-state index in [0.29, 0.717) is 6.42 Å². The second kappa shape index (κ2) is 8.70. The number of hydrogen-bond acceptors (Lipinski definition) is 3. The van der Waals surface area contributed by atoms with Gasteiger partial charge in [-0.2, -0.15) is 0 Å². The average Bonchev–Trinajstić information content (AvgIpc) is 2.45. The summed E-state index contributed by atoms with van der Waals surface area (Å²) in [6.45, 7) is 2.20. The molecular formula is C16H24O3. The summed E-state index contributed by atoms with van der Waals surface area (Å²) in [5.41, 5.74) is 2.14. The van der Waals surface area contributed by atoms with Crippen LogP contribution in [0.25, 0.3) is 0 Å². The summed E-state index contributed by atoms with van der Waals surface area (Å²) in [5.74, 6) is -0.209. The van der Waals surface area contributed by atoms with E-state index < -0.39 is 0 Å². The Bertz CT molecular complexity index is 370. The van der Waals surface area contributed by atoms with Crippen LogP contribution in [0.5, 0.6) is 0 Å². The number of hydrogen-bond donors (Lipinski definition) is 0. The van der Waals surface area contributed by atoms with E-state index >= 15 is 0 Å². The van der Waals surface area contributed by atoms with Crippen molar-refractivity contribution < 1.29 is 14.3 Å². The van der Waals surface area contributed by atoms with Crippen molar-refractivity contribution in [1.29, 1.82) is 0 Å². The molecule has 1 aromatic rings. The molecule has 0 saturated heterocycles. The minimum atomic E-state index is -0.209. The van der Waals surface area contributed by atoms with Gasteiger partial charge in [-0.15, -0.1) is 0 Å². The quantitative estimate of drug-likeness (QED) is 0.531. The average molecular weight is 264 g/mol. The van der Waals surface area contributed by atoms with Gasteiger partial charge in [-0.05, 0) is 17.5 Å². The Labute approximate surface area is 115 Å². The number of carbonyl (C=O) groups is 1. The van der Waals surface area contributed by atoms with Crippen LogP contribution >= 0.6 is 0 Å². The van der Waals surface area contributed by atoms with Crippen LogP contribution in [0.15, 0.2) is 24.3 Å². The molecule has 1 aromatic carbocycles. The van der Waals surface area contributed by atoms with E-state index in [1.54, 1.807) is 7.11 Å². The maximum atomic E-state index is 11.2. The van der Waals surface area contributed by atoms with Crippen molar-refractivity contribution in [3.05, 3.63) is 35.4 Å². The Morgan fingerprint density at radius 2 is 1.84 bits per heavy atom. The van der Waals surface area contributed by atoms with Crippen LogP contribution in [0.4, 0.5) is 0 Å². The predicted octanol–water partition coefficient (Wildman–Crippen LogP) is 3.67. The molecular weight excluding hydrogens is 240 g/mol. The molecule has 0 fully saturated rings. The molecule has 0 N–H and O–H groups in total. The Kier molecular flexibility index (Phi) is 7.19. The van der Waals surface area contributed by atoms with Gasteiger partial charge in [0.1, 0.15) is 0 Å². The van der Waals surface area contributed by atoms with Crippen LogP contribution in [0.2, 0.25) is 0 Å². The van der Waals surface area contributed by atoms with Gasteiger partial charge in [0, 0.05) is 7.11 Å². The van der Waals surface area contributed by atoms with Crippen molar-refractivity contribution in [2.24, 2.45) is 0 Å². The van der Waals surface area contributed by atoms with E-state index in [1.807, 2.05) is 24.3 Å². The second-order valence-electron chi connectivity index (χ2n) is 4.71. The summed E-state index contributed by atoms with van der Waals surface area (Å²) in [4.78, 5) is 11.2. The Balaban J connectivity index is 2.59. The van der Waals surface area contributed by atoms with Gasteiger partial charge in [-0.3, -0.25) is 4.79 Å². The molecule has 1 rings (SSSR count). The molecule has 0 amide bonds. The highest BCUT2D eigenvalue weighted by Gasteiger charge is 2.10. The second-order valence-corrected chi connectivity index (χ2v) is 4.71. The van der Waals surface area contributed by atoms with Crippen LogP contribution in [0, 0.1) is 0 Å². The highest BCUT2D eigenvalue weighted by Crippen LogP contribution is 2.23. The standard InChI is InChI=1S/C16H24O3/c1-4-5-6-7-15(18-2)14-10-8-13(9-11-14)12-16(17)19-3/h8-11,15H,4-7,12H2,1-3H3/t15-/m0/s1. The van der Waals surface area contributed by atoms with Crippen LogP contribution in [-0.2, 0) is 20.7 Å². The maximum absolute atomic E-state index is 11.2. The highest BCUT2D eigenvalue weighted by molar-refractivity contribution is 5.72. The smallest absolute Gasteiger partial charge is 0.309 e. The number of unbranched alkanes of at least 4 members (excludes halogenated alkanes) is 2. The highest BCUT2D eigenvalue weighted by atomic mass is 16.5. The summed E-state index contributed by atoms with van der Waals surface area (Å²) >= 11 is 0. The van der Waals surface area contributed by atoms with Crippen molar-refractivity contribution in [3.8, 4) is 0 Å². The molecule has 106 valence electrons. The molecule has 0 aliphatic rings. The first-order valence-electron chi connectivity index (χ1n) is 6.89. The van der Waals surface area contributed by atoms with Crippen LogP contribution in [0.3, 0.4) is 0 Å². The number of rotatable bonds is 8. The van der Waals surface area contributed by atoms with Crippen LogP contribution in [-0.4, -0.2) is 20.2 Å². The Hall–Kier alpha value is -1.35. The summed E-state index contributed by atoms with van der Waals surface area (Å²) < 4.78 is 10.2. The van der Waals surface area contributed by atoms with Crippen molar-refractivity contribution in [2.45, 2.75) is 45.1 Å². The third-order valence-electron chi connectivity index (χ3n) is 3.28. The number of ether oxygens (including phenoxy) is 2. The van der Waals surface area contributed by atoms with E-state index in [1.165, 1.54) is 31.9 Å². The SMILES string of the molecule is CCCCC[C@H](OC)c1ccc(CC(=O)OC)cc1. The zero-order chi connectivity index (χ0) is 14.1. The largest absolute Gasteiger partial charge is 0.469 e. The van der Waals surface area contributed by atoms with Crippen molar-refractivity contribution in [1.82, 2.24) is 0 Å². The van der Waals surface area contributed by atoms with Gasteiger partial charge >= 0.3 is 5.97 Å². The molecule has 3 heteroatoms. The number of esters is 1. The maximum Gasteiger partial charge on any atom is 0.309 e. The molecule has 0 aromatic heterocycles. The van der Waals surface area contributed by atoms with Crippen molar-refractivity contribution in [2.75, 3.05) is 14.2 Å². The van der Waals surface area contributed by atoms with Crippen LogP contribution < -0.4 is 0 Å². The summed E-state index contributed by atoms with van der Waals surface area (Å²) in [6.07, 6.45) is 5.15. The lowest BCUT2D eigenvalue weighted by Gasteiger charge is -2.16. The fraction of sp³-hybridized carbons (Fsp3) is 0.562. The number of carbonyl (C=O) groups excluding carboxylic acids is 1. The molecule has 0 saturated carbocycles. The lowest BCUT2D eigenvalue weighted by molar-refractivity contribution is -0.139. The number of benzene rings is 1. The number of methoxy groups -OCH3 is 2. The normalized spacial score (nSPS) is 12.2. The van der Waals surface area contributed by atoms with Crippen molar-refractivity contribution >= 4 is 5.97 Å². The zero-order valence-electron chi connectivity index (χ0n) is 12.1. The molecule has 0 unspecified atom stereocenters. The topological polar surface area (TPSA) is 35.5 Å². The fourth-order valence-corrected chi connectivity index (χ4v) is 2.09. The van der Waals surface area contributed by atoms with E-state index in [4.69, 9.17) is 4.74 Å². The molecule has 19 heavy (non-hydrogen) atoms. The minimum absolute atomic E-state index is 0.152. The summed E-state index contributed by atoms with van der Waals surface area (Å²) in [5, 5.41) is 0. The third kappa shape index (κ3) is 5.43. The third-order valence-corrected chi connectivity index (χ3v) is 3.28. The van der Waals surface area contributed by atoms with Gasteiger partial charge in [0.05, 0.1) is 19.6 Å². The van der Waals surface area contributed by atoms with Crippen LogP contribution in [0.1, 0.15) is 49.8 Å². The van der Waals surface area contributed by atoms with Crippen molar-refractivity contribution in [3.63, 3.8) is 0 Å². The van der Waals surface area contributed by atoms with Gasteiger partial charge in [-0.25, -0.2) is 0 Å². The monoisotopic (exact) mass is 264 g/mol. The molecule has 0 spiro atoms. The molecule has 3 nitrogen and oxygen atoms in total. The van der Waals surface area contributed by atoms with E-state index in [2.05, 4.69) is 11.7 Å². The van der Waals surface area contributed by atoms with Gasteiger partial charge in [0.15, 0.2) is 0 Å². The lowest BCUT2D eigenvalue weighted by Crippen LogP contribution is -2.05. The Morgan fingerprint density at radius 1 is 1.16 bits per heavy atom. The first kappa shape index (κ1) is 15.7. The lowest BCUT2D eigenvalue weighted by atomic mass is 10.0. The summed E-state index contributed by atoms with van der Waals surface area (Å²) in [7, 11) is 3.16. The van der Waals surface area contributed by atoms with Gasteiger partial charge in [0.2, 0.25) is 0 Å². The zero-order valence-corrected chi connectivity index (χ0v) is 12.1.